The Morgan fingerprint density at radius 3 is 2.89 bits per heavy atom. The van der Waals surface area contributed by atoms with Gasteiger partial charge in [0, 0.05) is 19.3 Å². The van der Waals surface area contributed by atoms with E-state index in [2.05, 4.69) is 12.2 Å². The molecule has 0 radical (unpaired) electrons. The van der Waals surface area contributed by atoms with E-state index in [4.69, 9.17) is 4.74 Å². The third kappa shape index (κ3) is 4.92. The number of hydrogen-bond acceptors (Lipinski definition) is 2. The molecule has 1 aromatic carbocycles. The highest BCUT2D eigenvalue weighted by atomic mass is 19.1. The zero-order valence-corrected chi connectivity index (χ0v) is 11.9. The quantitative estimate of drug-likeness (QED) is 0.725. The van der Waals surface area contributed by atoms with Crippen LogP contribution in [-0.2, 0) is 4.74 Å². The Kier molecular flexibility index (Phi) is 5.34. The van der Waals surface area contributed by atoms with Gasteiger partial charge in [0.25, 0.3) is 0 Å². The van der Waals surface area contributed by atoms with Gasteiger partial charge in [-0.1, -0.05) is 12.1 Å². The maximum atomic E-state index is 13.5. The van der Waals surface area contributed by atoms with Crippen molar-refractivity contribution in [3.8, 4) is 0 Å². The summed E-state index contributed by atoms with van der Waals surface area (Å²) >= 11 is 0. The van der Waals surface area contributed by atoms with Gasteiger partial charge < -0.3 is 10.1 Å². The maximum Gasteiger partial charge on any atom is 0.126 e. The highest BCUT2D eigenvalue weighted by molar-refractivity contribution is 5.25. The molecule has 1 aliphatic carbocycles. The molecule has 0 spiro atoms. The van der Waals surface area contributed by atoms with Gasteiger partial charge in [-0.05, 0) is 62.8 Å². The molecular formula is C16H24FNO. The zero-order valence-electron chi connectivity index (χ0n) is 11.9. The summed E-state index contributed by atoms with van der Waals surface area (Å²) in [7, 11) is 0. The molecule has 0 aromatic heterocycles. The van der Waals surface area contributed by atoms with Crippen molar-refractivity contribution in [3.63, 3.8) is 0 Å². The summed E-state index contributed by atoms with van der Waals surface area (Å²) in [5.41, 5.74) is 1.70. The molecule has 1 N–H and O–H groups in total. The van der Waals surface area contributed by atoms with E-state index in [1.54, 1.807) is 13.0 Å². The second-order valence-corrected chi connectivity index (χ2v) is 5.56. The van der Waals surface area contributed by atoms with Crippen LogP contribution in [-0.4, -0.2) is 19.8 Å². The summed E-state index contributed by atoms with van der Waals surface area (Å²) in [4.78, 5) is 0. The Morgan fingerprint density at radius 1 is 1.42 bits per heavy atom. The summed E-state index contributed by atoms with van der Waals surface area (Å²) in [6, 6.07) is 5.62. The van der Waals surface area contributed by atoms with E-state index < -0.39 is 0 Å². The lowest BCUT2D eigenvalue weighted by atomic mass is 10.1. The van der Waals surface area contributed by atoms with E-state index in [0.29, 0.717) is 5.56 Å². The number of rotatable bonds is 8. The average Bonchev–Trinajstić information content (AvgIpc) is 3.20. The standard InChI is InChI=1S/C16H24FNO/c1-12-4-7-15(10-16(12)17)13(2)18-8-3-9-19-11-14-5-6-14/h4,7,10,13-14,18H,3,5-6,8-9,11H2,1-2H3. The van der Waals surface area contributed by atoms with Crippen molar-refractivity contribution >= 4 is 0 Å². The van der Waals surface area contributed by atoms with Crippen LogP contribution in [0.25, 0.3) is 0 Å². The molecule has 0 saturated heterocycles. The molecule has 3 heteroatoms. The van der Waals surface area contributed by atoms with Crippen molar-refractivity contribution in [2.24, 2.45) is 5.92 Å². The van der Waals surface area contributed by atoms with E-state index in [1.165, 1.54) is 12.8 Å². The van der Waals surface area contributed by atoms with Crippen molar-refractivity contribution in [1.29, 1.82) is 0 Å². The van der Waals surface area contributed by atoms with E-state index in [0.717, 1.165) is 37.7 Å². The third-order valence-corrected chi connectivity index (χ3v) is 3.66. The van der Waals surface area contributed by atoms with Gasteiger partial charge in [-0.2, -0.15) is 0 Å². The van der Waals surface area contributed by atoms with Gasteiger partial charge in [0.05, 0.1) is 0 Å². The summed E-state index contributed by atoms with van der Waals surface area (Å²) in [6.45, 7) is 6.50. The molecule has 0 amide bonds. The number of ether oxygens (including phenoxy) is 1. The summed E-state index contributed by atoms with van der Waals surface area (Å²) < 4.78 is 19.0. The summed E-state index contributed by atoms with van der Waals surface area (Å²) in [5.74, 6) is 0.710. The first-order valence-corrected chi connectivity index (χ1v) is 7.24. The molecule has 0 bridgehead atoms. The fraction of sp³-hybridized carbons (Fsp3) is 0.625. The Balaban J connectivity index is 1.62. The molecule has 2 nitrogen and oxygen atoms in total. The molecule has 1 unspecified atom stereocenters. The monoisotopic (exact) mass is 265 g/mol. The molecule has 0 aliphatic heterocycles. The van der Waals surface area contributed by atoms with E-state index in [-0.39, 0.29) is 11.9 Å². The molecule has 106 valence electrons. The third-order valence-electron chi connectivity index (χ3n) is 3.66. The fourth-order valence-electron chi connectivity index (χ4n) is 2.02. The fourth-order valence-corrected chi connectivity index (χ4v) is 2.02. The first kappa shape index (κ1) is 14.5. The van der Waals surface area contributed by atoms with Crippen LogP contribution in [0.15, 0.2) is 18.2 Å². The molecule has 2 rings (SSSR count). The van der Waals surface area contributed by atoms with E-state index in [1.807, 2.05) is 12.1 Å². The number of aryl methyl sites for hydroxylation is 1. The van der Waals surface area contributed by atoms with Gasteiger partial charge in [-0.25, -0.2) is 4.39 Å². The predicted octanol–water partition coefficient (Wildman–Crippen LogP) is 3.60. The average molecular weight is 265 g/mol. The number of benzene rings is 1. The highest BCUT2D eigenvalue weighted by Crippen LogP contribution is 2.28. The highest BCUT2D eigenvalue weighted by Gasteiger charge is 2.20. The minimum Gasteiger partial charge on any atom is -0.381 e. The van der Waals surface area contributed by atoms with Crippen LogP contribution in [0.4, 0.5) is 4.39 Å². The maximum absolute atomic E-state index is 13.5. The lowest BCUT2D eigenvalue weighted by Gasteiger charge is -2.15. The van der Waals surface area contributed by atoms with Crippen LogP contribution >= 0.6 is 0 Å². The van der Waals surface area contributed by atoms with Crippen molar-refractivity contribution in [1.82, 2.24) is 5.32 Å². The Hall–Kier alpha value is -0.930. The second kappa shape index (κ2) is 7.01. The van der Waals surface area contributed by atoms with Crippen LogP contribution in [0.5, 0.6) is 0 Å². The van der Waals surface area contributed by atoms with E-state index in [9.17, 15) is 4.39 Å². The summed E-state index contributed by atoms with van der Waals surface area (Å²) in [6.07, 6.45) is 3.69. The largest absolute Gasteiger partial charge is 0.381 e. The number of halogens is 1. The minimum absolute atomic E-state index is 0.126. The number of nitrogens with one attached hydrogen (secondary N) is 1. The first-order chi connectivity index (χ1) is 9.16. The lowest BCUT2D eigenvalue weighted by Crippen LogP contribution is -2.21. The first-order valence-electron chi connectivity index (χ1n) is 7.24. The number of hydrogen-bond donors (Lipinski definition) is 1. The molecule has 1 fully saturated rings. The van der Waals surface area contributed by atoms with Crippen molar-refractivity contribution in [2.45, 2.75) is 39.2 Å². The zero-order chi connectivity index (χ0) is 13.7. The van der Waals surface area contributed by atoms with Crippen LogP contribution < -0.4 is 5.32 Å². The molecule has 0 heterocycles. The molecule has 1 atom stereocenters. The SMILES string of the molecule is Cc1ccc(C(C)NCCCOCC2CC2)cc1F. The van der Waals surface area contributed by atoms with Crippen molar-refractivity contribution < 1.29 is 9.13 Å². The molecule has 1 saturated carbocycles. The van der Waals surface area contributed by atoms with Gasteiger partial charge in [0.2, 0.25) is 0 Å². The molecule has 1 aromatic rings. The Bertz CT molecular complexity index is 404. The molecular weight excluding hydrogens is 241 g/mol. The lowest BCUT2D eigenvalue weighted by molar-refractivity contribution is 0.121. The Morgan fingerprint density at radius 2 is 2.21 bits per heavy atom. The van der Waals surface area contributed by atoms with Gasteiger partial charge in [-0.15, -0.1) is 0 Å². The normalized spacial score (nSPS) is 16.6. The van der Waals surface area contributed by atoms with Crippen molar-refractivity contribution in [3.05, 3.63) is 35.1 Å². The van der Waals surface area contributed by atoms with Crippen LogP contribution in [0.2, 0.25) is 0 Å². The van der Waals surface area contributed by atoms with Gasteiger partial charge >= 0.3 is 0 Å². The van der Waals surface area contributed by atoms with Crippen LogP contribution in [0.1, 0.15) is 43.4 Å². The molecule has 19 heavy (non-hydrogen) atoms. The molecule has 1 aliphatic rings. The van der Waals surface area contributed by atoms with Crippen molar-refractivity contribution in [2.75, 3.05) is 19.8 Å². The smallest absolute Gasteiger partial charge is 0.126 e. The topological polar surface area (TPSA) is 21.3 Å². The van der Waals surface area contributed by atoms with E-state index >= 15 is 0 Å². The second-order valence-electron chi connectivity index (χ2n) is 5.56. The summed E-state index contributed by atoms with van der Waals surface area (Å²) in [5, 5.41) is 3.40. The minimum atomic E-state index is -0.126. The Labute approximate surface area is 115 Å². The van der Waals surface area contributed by atoms with Crippen LogP contribution in [0, 0.1) is 18.7 Å². The van der Waals surface area contributed by atoms with Gasteiger partial charge in [0.1, 0.15) is 5.82 Å². The van der Waals surface area contributed by atoms with Crippen LogP contribution in [0.3, 0.4) is 0 Å². The van der Waals surface area contributed by atoms with Gasteiger partial charge in [-0.3, -0.25) is 0 Å². The predicted molar refractivity (Wildman–Crippen MR) is 75.7 cm³/mol. The van der Waals surface area contributed by atoms with Gasteiger partial charge in [0.15, 0.2) is 0 Å².